The average molecular weight is 382 g/mol. The second kappa shape index (κ2) is 7.89. The molecule has 7 nitrogen and oxygen atoms in total. The first-order valence-electron chi connectivity index (χ1n) is 9.01. The van der Waals surface area contributed by atoms with Crippen LogP contribution in [0, 0.1) is 0 Å². The molecular weight excluding hydrogens is 360 g/mol. The number of thiazole rings is 1. The van der Waals surface area contributed by atoms with E-state index in [-0.39, 0.29) is 5.91 Å². The molecule has 140 valence electrons. The molecule has 1 aliphatic heterocycles. The monoisotopic (exact) mass is 382 g/mol. The summed E-state index contributed by atoms with van der Waals surface area (Å²) in [6.45, 7) is 2.09. The molecule has 27 heavy (non-hydrogen) atoms. The number of anilines is 3. The molecule has 1 aliphatic rings. The summed E-state index contributed by atoms with van der Waals surface area (Å²) in [4.78, 5) is 18.2. The third-order valence-electron chi connectivity index (χ3n) is 4.60. The molecule has 0 atom stereocenters. The van der Waals surface area contributed by atoms with Gasteiger partial charge in [0, 0.05) is 35.6 Å². The number of carbonyl (C=O) groups excluding carboxylic acids is 1. The van der Waals surface area contributed by atoms with Crippen molar-refractivity contribution in [2.75, 3.05) is 23.7 Å². The van der Waals surface area contributed by atoms with E-state index < -0.39 is 0 Å². The number of hydrogen-bond donors (Lipinski definition) is 3. The third-order valence-corrected chi connectivity index (χ3v) is 5.68. The molecule has 1 fully saturated rings. The zero-order valence-electron chi connectivity index (χ0n) is 15.1. The van der Waals surface area contributed by atoms with Crippen molar-refractivity contribution in [1.29, 1.82) is 0 Å². The lowest BCUT2D eigenvalue weighted by Gasteiger charge is -2.20. The van der Waals surface area contributed by atoms with E-state index in [1.165, 1.54) is 4.88 Å². The molecule has 0 saturated carbocycles. The Morgan fingerprint density at radius 3 is 2.89 bits per heavy atom. The predicted octanol–water partition coefficient (Wildman–Crippen LogP) is 3.34. The molecule has 4 rings (SSSR count). The summed E-state index contributed by atoms with van der Waals surface area (Å²) >= 11 is 1.57. The topological polar surface area (TPSA) is 83.9 Å². The van der Waals surface area contributed by atoms with Crippen LogP contribution in [0.1, 0.15) is 34.0 Å². The Morgan fingerprint density at radius 1 is 1.26 bits per heavy atom. The number of nitrogens with one attached hydrogen (secondary N) is 3. The van der Waals surface area contributed by atoms with E-state index in [9.17, 15) is 4.79 Å². The molecule has 1 saturated heterocycles. The average Bonchev–Trinajstić information content (AvgIpc) is 3.32. The summed E-state index contributed by atoms with van der Waals surface area (Å²) in [5, 5.41) is 14.3. The van der Waals surface area contributed by atoms with Gasteiger partial charge in [-0.2, -0.15) is 5.10 Å². The van der Waals surface area contributed by atoms with Crippen molar-refractivity contribution in [2.24, 2.45) is 7.05 Å². The summed E-state index contributed by atoms with van der Waals surface area (Å²) in [5.41, 5.74) is 2.30. The van der Waals surface area contributed by atoms with Gasteiger partial charge >= 0.3 is 0 Å². The van der Waals surface area contributed by atoms with Gasteiger partial charge in [0.25, 0.3) is 5.91 Å². The van der Waals surface area contributed by atoms with Crippen LogP contribution in [-0.4, -0.2) is 33.8 Å². The SMILES string of the molecule is Cn1cc(Nc2cccc(C(=O)Nc3ncc(C4CCNCC4)s3)c2)cn1. The van der Waals surface area contributed by atoms with E-state index in [4.69, 9.17) is 0 Å². The molecular formula is C19H22N6OS. The second-order valence-corrected chi connectivity index (χ2v) is 7.72. The molecule has 1 aromatic carbocycles. The van der Waals surface area contributed by atoms with E-state index in [0.717, 1.165) is 37.3 Å². The van der Waals surface area contributed by atoms with Gasteiger partial charge in [-0.1, -0.05) is 6.07 Å². The minimum Gasteiger partial charge on any atom is -0.353 e. The summed E-state index contributed by atoms with van der Waals surface area (Å²) in [7, 11) is 1.86. The first-order chi connectivity index (χ1) is 13.2. The first-order valence-corrected chi connectivity index (χ1v) is 9.82. The van der Waals surface area contributed by atoms with Gasteiger partial charge in [-0.3, -0.25) is 14.8 Å². The summed E-state index contributed by atoms with van der Waals surface area (Å²) < 4.78 is 1.72. The minimum atomic E-state index is -0.156. The number of benzene rings is 1. The number of hydrogen-bond acceptors (Lipinski definition) is 6. The molecule has 2 aromatic heterocycles. The Hall–Kier alpha value is -2.71. The maximum Gasteiger partial charge on any atom is 0.257 e. The van der Waals surface area contributed by atoms with Crippen LogP contribution in [0.5, 0.6) is 0 Å². The maximum absolute atomic E-state index is 12.6. The van der Waals surface area contributed by atoms with Gasteiger partial charge < -0.3 is 10.6 Å². The van der Waals surface area contributed by atoms with Crippen molar-refractivity contribution in [1.82, 2.24) is 20.1 Å². The molecule has 3 aromatic rings. The van der Waals surface area contributed by atoms with Crippen LogP contribution in [0.2, 0.25) is 0 Å². The molecule has 0 spiro atoms. The second-order valence-electron chi connectivity index (χ2n) is 6.65. The fourth-order valence-electron chi connectivity index (χ4n) is 3.20. The largest absolute Gasteiger partial charge is 0.353 e. The molecule has 0 unspecified atom stereocenters. The zero-order valence-corrected chi connectivity index (χ0v) is 15.9. The van der Waals surface area contributed by atoms with Crippen LogP contribution in [0.4, 0.5) is 16.5 Å². The number of aromatic nitrogens is 3. The standard InChI is InChI=1S/C19H22N6OS/c1-25-12-16(10-22-25)23-15-4-2-3-14(9-15)18(26)24-19-21-11-17(27-19)13-5-7-20-8-6-13/h2-4,9-13,20,23H,5-8H2,1H3,(H,21,24,26). The molecule has 0 aliphatic carbocycles. The quantitative estimate of drug-likeness (QED) is 0.630. The lowest BCUT2D eigenvalue weighted by atomic mass is 9.97. The number of carbonyl (C=O) groups is 1. The minimum absolute atomic E-state index is 0.156. The first kappa shape index (κ1) is 17.7. The van der Waals surface area contributed by atoms with Crippen molar-refractivity contribution in [3.05, 3.63) is 53.3 Å². The summed E-state index contributed by atoms with van der Waals surface area (Å²) in [6, 6.07) is 7.40. The highest BCUT2D eigenvalue weighted by Crippen LogP contribution is 2.31. The van der Waals surface area contributed by atoms with E-state index in [1.807, 2.05) is 37.6 Å². The number of rotatable bonds is 5. The van der Waals surface area contributed by atoms with Gasteiger partial charge in [-0.15, -0.1) is 11.3 Å². The predicted molar refractivity (Wildman–Crippen MR) is 108 cm³/mol. The Kier molecular flexibility index (Phi) is 5.17. The van der Waals surface area contributed by atoms with Gasteiger partial charge in [0.2, 0.25) is 0 Å². The lowest BCUT2D eigenvalue weighted by molar-refractivity contribution is 0.102. The molecule has 3 heterocycles. The number of nitrogens with zero attached hydrogens (tertiary/aromatic N) is 3. The Labute approximate surface area is 161 Å². The fraction of sp³-hybridized carbons (Fsp3) is 0.316. The highest BCUT2D eigenvalue weighted by Gasteiger charge is 2.18. The van der Waals surface area contributed by atoms with Gasteiger partial charge in [0.05, 0.1) is 11.9 Å². The molecule has 1 amide bonds. The van der Waals surface area contributed by atoms with Crippen LogP contribution in [-0.2, 0) is 7.05 Å². The summed E-state index contributed by atoms with van der Waals surface area (Å²) in [6.07, 6.45) is 7.77. The highest BCUT2D eigenvalue weighted by atomic mass is 32.1. The van der Waals surface area contributed by atoms with Crippen molar-refractivity contribution < 1.29 is 4.79 Å². The van der Waals surface area contributed by atoms with Crippen molar-refractivity contribution in [3.63, 3.8) is 0 Å². The van der Waals surface area contributed by atoms with Crippen molar-refractivity contribution in [2.45, 2.75) is 18.8 Å². The molecule has 0 bridgehead atoms. The van der Waals surface area contributed by atoms with Crippen LogP contribution in [0.25, 0.3) is 0 Å². The van der Waals surface area contributed by atoms with Gasteiger partial charge in [0.15, 0.2) is 5.13 Å². The van der Waals surface area contributed by atoms with Crippen LogP contribution in [0.3, 0.4) is 0 Å². The number of amides is 1. The highest BCUT2D eigenvalue weighted by molar-refractivity contribution is 7.15. The van der Waals surface area contributed by atoms with Gasteiger partial charge in [-0.05, 0) is 50.0 Å². The zero-order chi connectivity index (χ0) is 18.6. The molecule has 8 heteroatoms. The van der Waals surface area contributed by atoms with E-state index in [2.05, 4.69) is 26.0 Å². The van der Waals surface area contributed by atoms with Crippen molar-refractivity contribution >= 4 is 33.8 Å². The lowest BCUT2D eigenvalue weighted by Crippen LogP contribution is -2.26. The van der Waals surface area contributed by atoms with Crippen LogP contribution < -0.4 is 16.0 Å². The van der Waals surface area contributed by atoms with E-state index in [1.54, 1.807) is 28.3 Å². The number of piperidine rings is 1. The van der Waals surface area contributed by atoms with E-state index in [0.29, 0.717) is 16.6 Å². The Bertz CT molecular complexity index is 928. The number of aryl methyl sites for hydroxylation is 1. The van der Waals surface area contributed by atoms with Gasteiger partial charge in [-0.25, -0.2) is 4.98 Å². The van der Waals surface area contributed by atoms with Gasteiger partial charge in [0.1, 0.15) is 0 Å². The van der Waals surface area contributed by atoms with E-state index >= 15 is 0 Å². The fourth-order valence-corrected chi connectivity index (χ4v) is 4.18. The van der Waals surface area contributed by atoms with Crippen LogP contribution in [0.15, 0.2) is 42.9 Å². The van der Waals surface area contributed by atoms with Crippen LogP contribution >= 0.6 is 11.3 Å². The smallest absolute Gasteiger partial charge is 0.257 e. The Balaban J connectivity index is 1.42. The maximum atomic E-state index is 12.6. The molecule has 3 N–H and O–H groups in total. The molecule has 0 radical (unpaired) electrons. The van der Waals surface area contributed by atoms with Crippen molar-refractivity contribution in [3.8, 4) is 0 Å². The summed E-state index contributed by atoms with van der Waals surface area (Å²) in [5.74, 6) is 0.387. The normalized spacial score (nSPS) is 14.9. The Morgan fingerprint density at radius 2 is 2.11 bits per heavy atom. The third kappa shape index (κ3) is 4.35.